The van der Waals surface area contributed by atoms with E-state index in [1.165, 1.54) is 4.90 Å². The second-order valence-corrected chi connectivity index (χ2v) is 4.22. The van der Waals surface area contributed by atoms with Crippen LogP contribution in [0, 0.1) is 5.92 Å². The van der Waals surface area contributed by atoms with Gasteiger partial charge in [0, 0.05) is 12.8 Å². The van der Waals surface area contributed by atoms with E-state index in [-0.39, 0.29) is 22.7 Å². The molecule has 5 heteroatoms. The molecule has 4 nitrogen and oxygen atoms in total. The van der Waals surface area contributed by atoms with Crippen molar-refractivity contribution in [3.05, 3.63) is 0 Å². The number of amides is 2. The Labute approximate surface area is 88.4 Å². The minimum Gasteiger partial charge on any atom is -0.392 e. The van der Waals surface area contributed by atoms with Gasteiger partial charge >= 0.3 is 0 Å². The quantitative estimate of drug-likeness (QED) is 0.535. The van der Waals surface area contributed by atoms with Gasteiger partial charge in [0.1, 0.15) is 0 Å². The number of hydrogen-bond acceptors (Lipinski definition) is 3. The highest BCUT2D eigenvalue weighted by molar-refractivity contribution is 7.80. The Hall–Kier alpha value is -0.970. The van der Waals surface area contributed by atoms with Crippen LogP contribution >= 0.6 is 12.2 Å². The molecule has 1 aliphatic rings. The molecular weight excluding hydrogens is 200 g/mol. The molecule has 0 aromatic carbocycles. The molecule has 2 N–H and O–H groups in total. The summed E-state index contributed by atoms with van der Waals surface area (Å²) in [4.78, 5) is 24.5. The van der Waals surface area contributed by atoms with Gasteiger partial charge in [-0.2, -0.15) is 0 Å². The number of piperidine rings is 1. The predicted molar refractivity (Wildman–Crippen MR) is 56.5 cm³/mol. The van der Waals surface area contributed by atoms with Crippen LogP contribution in [0.25, 0.3) is 0 Å². The van der Waals surface area contributed by atoms with Gasteiger partial charge in [-0.25, -0.2) is 0 Å². The van der Waals surface area contributed by atoms with E-state index in [4.69, 9.17) is 18.0 Å². The summed E-state index contributed by atoms with van der Waals surface area (Å²) in [5, 5.41) is 0. The highest BCUT2D eigenvalue weighted by atomic mass is 32.1. The zero-order valence-electron chi connectivity index (χ0n) is 8.32. The highest BCUT2D eigenvalue weighted by Gasteiger charge is 2.34. The van der Waals surface area contributed by atoms with Crippen molar-refractivity contribution in [2.24, 2.45) is 11.7 Å². The van der Waals surface area contributed by atoms with Crippen molar-refractivity contribution < 1.29 is 9.59 Å². The van der Waals surface area contributed by atoms with Crippen LogP contribution in [0.1, 0.15) is 26.7 Å². The van der Waals surface area contributed by atoms with Crippen molar-refractivity contribution >= 4 is 29.0 Å². The average Bonchev–Trinajstić information content (AvgIpc) is 2.01. The zero-order chi connectivity index (χ0) is 10.9. The number of likely N-dealkylation sites (tertiary alicyclic amines) is 1. The zero-order valence-corrected chi connectivity index (χ0v) is 9.13. The first-order valence-corrected chi connectivity index (χ1v) is 4.98. The number of nitrogens with two attached hydrogens (primary N) is 1. The monoisotopic (exact) mass is 214 g/mol. The normalized spacial score (nSPS) is 21.1. The molecule has 1 heterocycles. The molecular formula is C9H14N2O2S. The largest absolute Gasteiger partial charge is 0.392 e. The maximum atomic E-state index is 11.6. The summed E-state index contributed by atoms with van der Waals surface area (Å²) in [7, 11) is 0. The molecule has 1 unspecified atom stereocenters. The van der Waals surface area contributed by atoms with Crippen molar-refractivity contribution in [3.8, 4) is 0 Å². The van der Waals surface area contributed by atoms with E-state index in [9.17, 15) is 9.59 Å². The Morgan fingerprint density at radius 2 is 1.93 bits per heavy atom. The molecule has 1 saturated heterocycles. The number of rotatable bonds is 2. The molecule has 1 atom stereocenters. The molecule has 0 aromatic heterocycles. The van der Waals surface area contributed by atoms with Gasteiger partial charge in [-0.15, -0.1) is 0 Å². The van der Waals surface area contributed by atoms with E-state index in [1.807, 2.05) is 6.92 Å². The first-order valence-electron chi connectivity index (χ1n) is 4.57. The van der Waals surface area contributed by atoms with E-state index in [1.54, 1.807) is 6.92 Å². The average molecular weight is 214 g/mol. The van der Waals surface area contributed by atoms with Crippen LogP contribution < -0.4 is 5.73 Å². The van der Waals surface area contributed by atoms with E-state index < -0.39 is 6.04 Å². The van der Waals surface area contributed by atoms with Crippen molar-refractivity contribution in [2.75, 3.05) is 0 Å². The molecule has 14 heavy (non-hydrogen) atoms. The Kier molecular flexibility index (Phi) is 3.21. The Morgan fingerprint density at radius 1 is 1.50 bits per heavy atom. The molecule has 1 rings (SSSR count). The number of nitrogens with zero attached hydrogens (tertiary/aromatic N) is 1. The van der Waals surface area contributed by atoms with Gasteiger partial charge < -0.3 is 5.73 Å². The molecule has 1 aliphatic heterocycles. The lowest BCUT2D eigenvalue weighted by Crippen LogP contribution is -2.51. The molecule has 0 saturated carbocycles. The number of thiocarbonyl (C=S) groups is 1. The molecule has 0 aromatic rings. The molecule has 2 amide bonds. The third-order valence-electron chi connectivity index (χ3n) is 2.38. The summed E-state index contributed by atoms with van der Waals surface area (Å²) < 4.78 is 0. The second-order valence-electron chi connectivity index (χ2n) is 3.75. The lowest BCUT2D eigenvalue weighted by atomic mass is 9.96. The number of carbonyl (C=O) groups excluding carboxylic acids is 2. The predicted octanol–water partition coefficient (Wildman–Crippen LogP) is 0.446. The van der Waals surface area contributed by atoms with E-state index in [0.29, 0.717) is 12.8 Å². The van der Waals surface area contributed by atoms with Crippen LogP contribution in [0.4, 0.5) is 0 Å². The second kappa shape index (κ2) is 4.04. The van der Waals surface area contributed by atoms with Crippen LogP contribution in [0.2, 0.25) is 0 Å². The van der Waals surface area contributed by atoms with E-state index in [2.05, 4.69) is 0 Å². The first kappa shape index (κ1) is 11.1. The number of imide groups is 1. The molecule has 0 spiro atoms. The van der Waals surface area contributed by atoms with Gasteiger partial charge in [0.05, 0.1) is 11.0 Å². The Morgan fingerprint density at radius 3 is 2.29 bits per heavy atom. The fourth-order valence-electron chi connectivity index (χ4n) is 1.56. The minimum absolute atomic E-state index is 0.129. The Bertz CT molecular complexity index is 273. The molecule has 1 fully saturated rings. The van der Waals surface area contributed by atoms with Crippen molar-refractivity contribution in [1.82, 2.24) is 4.90 Å². The lowest BCUT2D eigenvalue weighted by molar-refractivity contribution is -0.150. The Balaban J connectivity index is 2.82. The summed E-state index contributed by atoms with van der Waals surface area (Å²) >= 11 is 4.77. The van der Waals surface area contributed by atoms with Crippen molar-refractivity contribution in [3.63, 3.8) is 0 Å². The van der Waals surface area contributed by atoms with Gasteiger partial charge in [-0.3, -0.25) is 14.5 Å². The summed E-state index contributed by atoms with van der Waals surface area (Å²) in [6.45, 7) is 3.56. The summed E-state index contributed by atoms with van der Waals surface area (Å²) in [5.41, 5.74) is 5.41. The van der Waals surface area contributed by atoms with Crippen LogP contribution in [-0.4, -0.2) is 27.7 Å². The van der Waals surface area contributed by atoms with Gasteiger partial charge in [0.25, 0.3) is 0 Å². The third kappa shape index (κ3) is 2.09. The molecule has 0 aliphatic carbocycles. The third-order valence-corrected chi connectivity index (χ3v) is 2.72. The SMILES string of the molecule is CC1CC(=O)N(C(C)C(N)=S)C(=O)C1. The molecule has 0 bridgehead atoms. The summed E-state index contributed by atoms with van der Waals surface area (Å²) in [6, 6.07) is -0.461. The van der Waals surface area contributed by atoms with Gasteiger partial charge in [0.15, 0.2) is 0 Å². The number of carbonyl (C=O) groups is 2. The molecule has 78 valence electrons. The smallest absolute Gasteiger partial charge is 0.230 e. The first-order chi connectivity index (χ1) is 6.43. The highest BCUT2D eigenvalue weighted by Crippen LogP contribution is 2.20. The maximum Gasteiger partial charge on any atom is 0.230 e. The van der Waals surface area contributed by atoms with Gasteiger partial charge in [-0.05, 0) is 12.8 Å². The van der Waals surface area contributed by atoms with E-state index in [0.717, 1.165) is 0 Å². The van der Waals surface area contributed by atoms with E-state index >= 15 is 0 Å². The fraction of sp³-hybridized carbons (Fsp3) is 0.667. The summed E-state index contributed by atoms with van der Waals surface area (Å²) in [5.74, 6) is -0.215. The topological polar surface area (TPSA) is 63.4 Å². The van der Waals surface area contributed by atoms with Crippen LogP contribution in [0.15, 0.2) is 0 Å². The van der Waals surface area contributed by atoms with Gasteiger partial charge in [-0.1, -0.05) is 19.1 Å². The summed E-state index contributed by atoms with van der Waals surface area (Å²) in [6.07, 6.45) is 0.803. The standard InChI is InChI=1S/C9H14N2O2S/c1-5-3-7(12)11(8(13)4-5)6(2)9(10)14/h5-6H,3-4H2,1-2H3,(H2,10,14). The number of hydrogen-bond donors (Lipinski definition) is 1. The fourth-order valence-corrected chi connectivity index (χ4v) is 1.67. The van der Waals surface area contributed by atoms with Crippen LogP contribution in [0.5, 0.6) is 0 Å². The van der Waals surface area contributed by atoms with Crippen LogP contribution in [-0.2, 0) is 9.59 Å². The van der Waals surface area contributed by atoms with Crippen molar-refractivity contribution in [2.45, 2.75) is 32.7 Å². The lowest BCUT2D eigenvalue weighted by Gasteiger charge is -2.32. The van der Waals surface area contributed by atoms with Crippen LogP contribution in [0.3, 0.4) is 0 Å². The minimum atomic E-state index is -0.461. The maximum absolute atomic E-state index is 11.6. The van der Waals surface area contributed by atoms with Gasteiger partial charge in [0.2, 0.25) is 11.8 Å². The molecule has 0 radical (unpaired) electrons. The van der Waals surface area contributed by atoms with Crippen molar-refractivity contribution in [1.29, 1.82) is 0 Å².